The van der Waals surface area contributed by atoms with E-state index in [1.807, 2.05) is 53.5 Å². The van der Waals surface area contributed by atoms with Gasteiger partial charge in [0.2, 0.25) is 0 Å². The van der Waals surface area contributed by atoms with Gasteiger partial charge in [0.1, 0.15) is 5.82 Å². The van der Waals surface area contributed by atoms with Crippen LogP contribution >= 0.6 is 11.3 Å². The van der Waals surface area contributed by atoms with Gasteiger partial charge in [-0.05, 0) is 54.8 Å². The number of nitrogens with zero attached hydrogens (tertiary/aromatic N) is 4. The van der Waals surface area contributed by atoms with Gasteiger partial charge in [0, 0.05) is 28.7 Å². The van der Waals surface area contributed by atoms with Crippen molar-refractivity contribution in [1.29, 1.82) is 0 Å². The van der Waals surface area contributed by atoms with Gasteiger partial charge in [0.05, 0.1) is 29.4 Å². The number of aromatic nitrogens is 4. The fourth-order valence-corrected chi connectivity index (χ4v) is 4.18. The summed E-state index contributed by atoms with van der Waals surface area (Å²) in [6.45, 7) is 2.40. The Balaban J connectivity index is 1.49. The summed E-state index contributed by atoms with van der Waals surface area (Å²) in [5.41, 5.74) is 2.59. The van der Waals surface area contributed by atoms with Gasteiger partial charge in [-0.2, -0.15) is 5.10 Å². The summed E-state index contributed by atoms with van der Waals surface area (Å²) in [6, 6.07) is 14.1. The van der Waals surface area contributed by atoms with E-state index >= 15 is 0 Å². The lowest BCUT2D eigenvalue weighted by atomic mass is 10.1. The summed E-state index contributed by atoms with van der Waals surface area (Å²) in [7, 11) is 0. The number of halogens is 1. The Morgan fingerprint density at radius 2 is 2.00 bits per heavy atom. The van der Waals surface area contributed by atoms with Gasteiger partial charge < -0.3 is 9.88 Å². The zero-order chi connectivity index (χ0) is 21.4. The van der Waals surface area contributed by atoms with Crippen molar-refractivity contribution in [3.63, 3.8) is 0 Å². The maximum atomic E-state index is 14.4. The Hall–Kier alpha value is -3.78. The molecule has 1 aromatic carbocycles. The minimum Gasteiger partial charge on any atom is -0.324 e. The Labute approximate surface area is 181 Å². The summed E-state index contributed by atoms with van der Waals surface area (Å²) >= 11 is 1.64. The third kappa shape index (κ3) is 3.73. The number of fused-ring (bicyclic) bond motifs is 1. The standard InChI is InChI=1S/C23H18FN5OS/c1-15-11-18(19-13-25-29(22(19)26-15)14-17-5-4-10-31-17)23(30)27-21-12-16(6-7-20(21)24)28-8-2-3-9-28/h2-13H,14H2,1H3,(H,27,30). The molecule has 0 atom stereocenters. The summed E-state index contributed by atoms with van der Waals surface area (Å²) in [4.78, 5) is 18.8. The summed E-state index contributed by atoms with van der Waals surface area (Å²) in [5, 5.41) is 9.78. The van der Waals surface area contributed by atoms with Crippen molar-refractivity contribution in [3.8, 4) is 5.69 Å². The fourth-order valence-electron chi connectivity index (χ4n) is 3.49. The van der Waals surface area contributed by atoms with Crippen LogP contribution in [0, 0.1) is 12.7 Å². The number of carbonyl (C=O) groups excluding carboxylic acids is 1. The molecule has 0 spiro atoms. The maximum absolute atomic E-state index is 14.4. The zero-order valence-electron chi connectivity index (χ0n) is 16.6. The second kappa shape index (κ2) is 7.81. The van der Waals surface area contributed by atoms with Gasteiger partial charge in [0.15, 0.2) is 5.65 Å². The Morgan fingerprint density at radius 3 is 2.77 bits per heavy atom. The number of carbonyl (C=O) groups is 1. The zero-order valence-corrected chi connectivity index (χ0v) is 17.4. The first-order chi connectivity index (χ1) is 15.1. The molecular weight excluding hydrogens is 413 g/mol. The minimum absolute atomic E-state index is 0.116. The number of thiophene rings is 1. The number of amides is 1. The normalized spacial score (nSPS) is 11.2. The van der Waals surface area contributed by atoms with Crippen LogP contribution in [0.15, 0.2) is 72.5 Å². The highest BCUT2D eigenvalue weighted by Crippen LogP contribution is 2.24. The van der Waals surface area contributed by atoms with Crippen molar-refractivity contribution in [1.82, 2.24) is 19.3 Å². The van der Waals surface area contributed by atoms with Crippen LogP contribution in [0.25, 0.3) is 16.7 Å². The second-order valence-electron chi connectivity index (χ2n) is 7.14. The average Bonchev–Trinajstić information content (AvgIpc) is 3.52. The van der Waals surface area contributed by atoms with Gasteiger partial charge in [-0.25, -0.2) is 14.1 Å². The molecule has 4 aromatic heterocycles. The SMILES string of the molecule is Cc1cc(C(=O)Nc2cc(-n3cccc3)ccc2F)c2cnn(Cc3cccs3)c2n1. The minimum atomic E-state index is -0.500. The quantitative estimate of drug-likeness (QED) is 0.424. The molecule has 0 aliphatic rings. The first-order valence-electron chi connectivity index (χ1n) is 9.68. The van der Waals surface area contributed by atoms with Crippen LogP contribution in [-0.4, -0.2) is 25.2 Å². The van der Waals surface area contributed by atoms with Crippen molar-refractivity contribution < 1.29 is 9.18 Å². The largest absolute Gasteiger partial charge is 0.324 e. The first kappa shape index (κ1) is 19.2. The van der Waals surface area contributed by atoms with Gasteiger partial charge in [-0.15, -0.1) is 11.3 Å². The molecule has 0 unspecified atom stereocenters. The molecule has 5 aromatic rings. The van der Waals surface area contributed by atoms with E-state index in [-0.39, 0.29) is 5.69 Å². The van der Waals surface area contributed by atoms with Crippen LogP contribution in [-0.2, 0) is 6.54 Å². The van der Waals surface area contributed by atoms with Crippen molar-refractivity contribution in [2.75, 3.05) is 5.32 Å². The molecule has 6 nitrogen and oxygen atoms in total. The predicted molar refractivity (Wildman–Crippen MR) is 119 cm³/mol. The van der Waals surface area contributed by atoms with E-state index < -0.39 is 11.7 Å². The van der Waals surface area contributed by atoms with Crippen molar-refractivity contribution in [2.45, 2.75) is 13.5 Å². The summed E-state index contributed by atoms with van der Waals surface area (Å²) < 4.78 is 18.1. The third-order valence-electron chi connectivity index (χ3n) is 4.97. The number of benzene rings is 1. The first-order valence-corrected chi connectivity index (χ1v) is 10.6. The molecule has 1 N–H and O–H groups in total. The molecule has 0 bridgehead atoms. The highest BCUT2D eigenvalue weighted by atomic mass is 32.1. The lowest BCUT2D eigenvalue weighted by molar-refractivity contribution is 0.102. The van der Waals surface area contributed by atoms with Crippen molar-refractivity contribution >= 4 is 34.0 Å². The number of nitrogens with one attached hydrogen (secondary N) is 1. The monoisotopic (exact) mass is 431 g/mol. The molecule has 0 aliphatic carbocycles. The van der Waals surface area contributed by atoms with Crippen LogP contribution < -0.4 is 5.32 Å². The molecule has 0 aliphatic heterocycles. The number of rotatable bonds is 5. The van der Waals surface area contributed by atoms with Crippen molar-refractivity contribution in [2.24, 2.45) is 0 Å². The number of aryl methyl sites for hydroxylation is 1. The van der Waals surface area contributed by atoms with E-state index in [0.29, 0.717) is 28.8 Å². The molecule has 5 rings (SSSR count). The number of hydrogen-bond acceptors (Lipinski definition) is 4. The van der Waals surface area contributed by atoms with Crippen molar-refractivity contribution in [3.05, 3.63) is 94.5 Å². The molecular formula is C23H18FN5OS. The van der Waals surface area contributed by atoms with E-state index in [4.69, 9.17) is 0 Å². The van der Waals surface area contributed by atoms with Gasteiger partial charge >= 0.3 is 0 Å². The fraction of sp³-hybridized carbons (Fsp3) is 0.0870. The van der Waals surface area contributed by atoms with Gasteiger partial charge in [0.25, 0.3) is 5.91 Å². The summed E-state index contributed by atoms with van der Waals surface area (Å²) in [6.07, 6.45) is 5.35. The van der Waals surface area contributed by atoms with Crippen LogP contribution in [0.2, 0.25) is 0 Å². The third-order valence-corrected chi connectivity index (χ3v) is 5.83. The molecule has 0 radical (unpaired) electrons. The second-order valence-corrected chi connectivity index (χ2v) is 8.17. The predicted octanol–water partition coefficient (Wildman–Crippen LogP) is 5.03. The smallest absolute Gasteiger partial charge is 0.256 e. The molecule has 1 amide bonds. The van der Waals surface area contributed by atoms with E-state index in [1.165, 1.54) is 6.07 Å². The lowest BCUT2D eigenvalue weighted by Crippen LogP contribution is -2.14. The number of hydrogen-bond donors (Lipinski definition) is 1. The highest BCUT2D eigenvalue weighted by Gasteiger charge is 2.18. The molecule has 0 fully saturated rings. The topological polar surface area (TPSA) is 64.7 Å². The van der Waals surface area contributed by atoms with E-state index in [0.717, 1.165) is 10.6 Å². The van der Waals surface area contributed by atoms with E-state index in [2.05, 4.69) is 15.4 Å². The Kier molecular flexibility index (Phi) is 4.83. The lowest BCUT2D eigenvalue weighted by Gasteiger charge is -2.11. The molecule has 4 heterocycles. The molecule has 31 heavy (non-hydrogen) atoms. The highest BCUT2D eigenvalue weighted by molar-refractivity contribution is 7.09. The van der Waals surface area contributed by atoms with Crippen LogP contribution in [0.3, 0.4) is 0 Å². The molecule has 0 saturated carbocycles. The van der Waals surface area contributed by atoms with Gasteiger partial charge in [-0.3, -0.25) is 4.79 Å². The Morgan fingerprint density at radius 1 is 1.16 bits per heavy atom. The van der Waals surface area contributed by atoms with E-state index in [9.17, 15) is 9.18 Å². The molecule has 0 saturated heterocycles. The Bertz CT molecular complexity index is 1370. The number of pyridine rings is 1. The van der Waals surface area contributed by atoms with E-state index in [1.54, 1.807) is 40.4 Å². The summed E-state index contributed by atoms with van der Waals surface area (Å²) in [5.74, 6) is -0.908. The molecule has 8 heteroatoms. The molecule has 154 valence electrons. The maximum Gasteiger partial charge on any atom is 0.256 e. The number of anilines is 1. The van der Waals surface area contributed by atoms with Crippen LogP contribution in [0.4, 0.5) is 10.1 Å². The van der Waals surface area contributed by atoms with Crippen LogP contribution in [0.5, 0.6) is 0 Å². The van der Waals surface area contributed by atoms with Crippen LogP contribution in [0.1, 0.15) is 20.9 Å². The van der Waals surface area contributed by atoms with Gasteiger partial charge in [-0.1, -0.05) is 6.07 Å². The average molecular weight is 431 g/mol.